The molecule has 0 fully saturated rings. The van der Waals surface area contributed by atoms with Crippen molar-refractivity contribution in [2.45, 2.75) is 38.3 Å². The van der Waals surface area contributed by atoms with E-state index in [0.29, 0.717) is 13.0 Å². The van der Waals surface area contributed by atoms with E-state index in [2.05, 4.69) is 29.6 Å². The van der Waals surface area contributed by atoms with Crippen molar-refractivity contribution < 1.29 is 9.59 Å². The van der Waals surface area contributed by atoms with Crippen molar-refractivity contribution in [3.63, 3.8) is 0 Å². The lowest BCUT2D eigenvalue weighted by Crippen LogP contribution is -2.50. The molecule has 4 aromatic rings. The molecule has 0 aromatic heterocycles. The van der Waals surface area contributed by atoms with Crippen LogP contribution in [0.25, 0.3) is 0 Å². The lowest BCUT2D eigenvalue weighted by atomic mass is 9.87. The van der Waals surface area contributed by atoms with Gasteiger partial charge in [0, 0.05) is 32.4 Å². The van der Waals surface area contributed by atoms with E-state index in [1.54, 1.807) is 11.9 Å². The molecule has 4 aromatic carbocycles. The molecule has 1 N–H and O–H groups in total. The van der Waals surface area contributed by atoms with Crippen LogP contribution in [0.15, 0.2) is 115 Å². The number of hydrogen-bond donors (Lipinski definition) is 1. The number of aryl methyl sites for hydroxylation is 1. The molecule has 4 nitrogen and oxygen atoms in total. The van der Waals surface area contributed by atoms with Crippen molar-refractivity contribution in [1.82, 2.24) is 10.2 Å². The third-order valence-corrected chi connectivity index (χ3v) is 6.90. The van der Waals surface area contributed by atoms with Gasteiger partial charge in [-0.1, -0.05) is 115 Å². The molecule has 0 aliphatic carbocycles. The standard InChI is InChI=1S/C33H34N2O2/c1-25-14-12-13-21-29(25)24-35(31(33(37)34-2)22-26-15-6-3-7-16-26)32(36)23-30(27-17-8-4-9-18-27)28-19-10-5-11-20-28/h3-21,30-31H,22-24H2,1-2H3,(H,34,37)/t31-/m1/s1. The molecule has 0 unspecified atom stereocenters. The van der Waals surface area contributed by atoms with Gasteiger partial charge >= 0.3 is 0 Å². The molecule has 0 spiro atoms. The van der Waals surface area contributed by atoms with Crippen LogP contribution in [-0.4, -0.2) is 29.8 Å². The maximum absolute atomic E-state index is 14.2. The van der Waals surface area contributed by atoms with Gasteiger partial charge in [-0.25, -0.2) is 0 Å². The highest BCUT2D eigenvalue weighted by atomic mass is 16.2. The first-order valence-electron chi connectivity index (χ1n) is 12.8. The number of benzene rings is 4. The molecule has 0 heterocycles. The topological polar surface area (TPSA) is 49.4 Å². The highest BCUT2D eigenvalue weighted by molar-refractivity contribution is 5.88. The van der Waals surface area contributed by atoms with Crippen LogP contribution in [0.2, 0.25) is 0 Å². The van der Waals surface area contributed by atoms with Crippen LogP contribution < -0.4 is 5.32 Å². The molecule has 4 rings (SSSR count). The van der Waals surface area contributed by atoms with Crippen molar-refractivity contribution >= 4 is 11.8 Å². The van der Waals surface area contributed by atoms with Crippen LogP contribution in [0.5, 0.6) is 0 Å². The van der Waals surface area contributed by atoms with Crippen molar-refractivity contribution in [3.05, 3.63) is 143 Å². The minimum absolute atomic E-state index is 0.0505. The molecule has 2 amide bonds. The molecule has 188 valence electrons. The van der Waals surface area contributed by atoms with Gasteiger partial charge in [0.15, 0.2) is 0 Å². The summed E-state index contributed by atoms with van der Waals surface area (Å²) in [7, 11) is 1.63. The van der Waals surface area contributed by atoms with E-state index in [1.807, 2.05) is 97.9 Å². The molecule has 1 atom stereocenters. The number of carbonyl (C=O) groups is 2. The second-order valence-electron chi connectivity index (χ2n) is 9.35. The van der Waals surface area contributed by atoms with E-state index in [4.69, 9.17) is 0 Å². The molecular weight excluding hydrogens is 456 g/mol. The van der Waals surface area contributed by atoms with Gasteiger partial charge in [-0.15, -0.1) is 0 Å². The largest absolute Gasteiger partial charge is 0.357 e. The Morgan fingerprint density at radius 1 is 0.730 bits per heavy atom. The normalized spacial score (nSPS) is 11.6. The van der Waals surface area contributed by atoms with Gasteiger partial charge in [-0.2, -0.15) is 0 Å². The molecule has 0 saturated carbocycles. The molecule has 37 heavy (non-hydrogen) atoms. The maximum Gasteiger partial charge on any atom is 0.242 e. The summed E-state index contributed by atoms with van der Waals surface area (Å²) in [6.07, 6.45) is 0.710. The quantitative estimate of drug-likeness (QED) is 0.301. The molecular formula is C33H34N2O2. The van der Waals surface area contributed by atoms with E-state index < -0.39 is 6.04 Å². The second-order valence-corrected chi connectivity index (χ2v) is 9.35. The molecule has 0 radical (unpaired) electrons. The minimum atomic E-state index is -0.633. The molecule has 0 aliphatic rings. The van der Waals surface area contributed by atoms with Gasteiger partial charge in [0.1, 0.15) is 6.04 Å². The summed E-state index contributed by atoms with van der Waals surface area (Å²) in [6, 6.07) is 37.6. The Labute approximate surface area is 220 Å². The van der Waals surface area contributed by atoms with Crippen molar-refractivity contribution in [2.75, 3.05) is 7.05 Å². The summed E-state index contributed by atoms with van der Waals surface area (Å²) in [6.45, 7) is 2.41. The Balaban J connectivity index is 1.72. The van der Waals surface area contributed by atoms with Crippen molar-refractivity contribution in [2.24, 2.45) is 0 Å². The highest BCUT2D eigenvalue weighted by Crippen LogP contribution is 2.30. The maximum atomic E-state index is 14.2. The van der Waals surface area contributed by atoms with Crippen molar-refractivity contribution in [1.29, 1.82) is 0 Å². The fourth-order valence-electron chi connectivity index (χ4n) is 4.78. The number of carbonyl (C=O) groups excluding carboxylic acids is 2. The smallest absolute Gasteiger partial charge is 0.242 e. The van der Waals surface area contributed by atoms with Crippen LogP contribution in [-0.2, 0) is 22.6 Å². The van der Waals surface area contributed by atoms with E-state index in [1.165, 1.54) is 0 Å². The van der Waals surface area contributed by atoms with E-state index in [9.17, 15) is 9.59 Å². The van der Waals surface area contributed by atoms with Crippen LogP contribution >= 0.6 is 0 Å². The van der Waals surface area contributed by atoms with E-state index in [0.717, 1.165) is 27.8 Å². The third-order valence-electron chi connectivity index (χ3n) is 6.90. The van der Waals surface area contributed by atoms with Crippen LogP contribution in [0.1, 0.15) is 40.2 Å². The van der Waals surface area contributed by atoms with Gasteiger partial charge in [-0.3, -0.25) is 9.59 Å². The fourth-order valence-corrected chi connectivity index (χ4v) is 4.78. The molecule has 4 heteroatoms. The van der Waals surface area contributed by atoms with Gasteiger partial charge in [0.05, 0.1) is 0 Å². The Morgan fingerprint density at radius 3 is 1.78 bits per heavy atom. The predicted octanol–water partition coefficient (Wildman–Crippen LogP) is 5.90. The van der Waals surface area contributed by atoms with Crippen LogP contribution in [0.4, 0.5) is 0 Å². The zero-order chi connectivity index (χ0) is 26.0. The predicted molar refractivity (Wildman–Crippen MR) is 149 cm³/mol. The summed E-state index contributed by atoms with van der Waals surface area (Å²) in [5.74, 6) is -0.330. The zero-order valence-electron chi connectivity index (χ0n) is 21.5. The Morgan fingerprint density at radius 2 is 1.24 bits per heavy atom. The van der Waals surface area contributed by atoms with Crippen molar-refractivity contribution in [3.8, 4) is 0 Å². The fraction of sp³-hybridized carbons (Fsp3) is 0.212. The average Bonchev–Trinajstić information content (AvgIpc) is 2.95. The van der Waals surface area contributed by atoms with Gasteiger partial charge in [0.25, 0.3) is 0 Å². The summed E-state index contributed by atoms with van der Waals surface area (Å²) < 4.78 is 0. The summed E-state index contributed by atoms with van der Waals surface area (Å²) in [5, 5.41) is 2.80. The third kappa shape index (κ3) is 6.73. The summed E-state index contributed by atoms with van der Waals surface area (Å²) >= 11 is 0. The van der Waals surface area contributed by atoms with Gasteiger partial charge in [-0.05, 0) is 34.7 Å². The Hall–Kier alpha value is -4.18. The average molecular weight is 491 g/mol. The number of hydrogen-bond acceptors (Lipinski definition) is 2. The molecule has 0 saturated heterocycles. The van der Waals surface area contributed by atoms with E-state index in [-0.39, 0.29) is 24.2 Å². The Bertz CT molecular complexity index is 1250. The number of amides is 2. The first-order valence-corrected chi connectivity index (χ1v) is 12.8. The van der Waals surface area contributed by atoms with Crippen LogP contribution in [0, 0.1) is 6.92 Å². The monoisotopic (exact) mass is 490 g/mol. The summed E-state index contributed by atoms with van der Waals surface area (Å²) in [4.78, 5) is 29.2. The first-order chi connectivity index (χ1) is 18.1. The minimum Gasteiger partial charge on any atom is -0.357 e. The lowest BCUT2D eigenvalue weighted by Gasteiger charge is -2.33. The molecule has 0 bridgehead atoms. The number of likely N-dealkylation sites (N-methyl/N-ethyl adjacent to an activating group) is 1. The van der Waals surface area contributed by atoms with E-state index >= 15 is 0 Å². The summed E-state index contributed by atoms with van der Waals surface area (Å²) in [5.41, 5.74) is 5.31. The van der Waals surface area contributed by atoms with Gasteiger partial charge < -0.3 is 10.2 Å². The number of rotatable bonds is 10. The first kappa shape index (κ1) is 25.9. The SMILES string of the molecule is CNC(=O)[C@@H](Cc1ccccc1)N(Cc1ccccc1C)C(=O)CC(c1ccccc1)c1ccccc1. The number of nitrogens with one attached hydrogen (secondary N) is 1. The highest BCUT2D eigenvalue weighted by Gasteiger charge is 2.32. The Kier molecular flexibility index (Phi) is 8.88. The van der Waals surface area contributed by atoms with Crippen LogP contribution in [0.3, 0.4) is 0 Å². The lowest BCUT2D eigenvalue weighted by molar-refractivity contribution is -0.141. The van der Waals surface area contributed by atoms with Gasteiger partial charge in [0.2, 0.25) is 11.8 Å². The number of nitrogens with zero attached hydrogens (tertiary/aromatic N) is 1. The molecule has 0 aliphatic heterocycles. The second kappa shape index (κ2) is 12.7. The zero-order valence-corrected chi connectivity index (χ0v) is 21.5.